The summed E-state index contributed by atoms with van der Waals surface area (Å²) in [7, 11) is 0. The van der Waals surface area contributed by atoms with E-state index in [0.29, 0.717) is 22.8 Å². The van der Waals surface area contributed by atoms with Gasteiger partial charge in [-0.25, -0.2) is 14.8 Å². The third-order valence-electron chi connectivity index (χ3n) is 4.31. The normalized spacial score (nSPS) is 10.7. The highest BCUT2D eigenvalue weighted by atomic mass is 16.5. The molecule has 7 nitrogen and oxygen atoms in total. The van der Waals surface area contributed by atoms with E-state index in [2.05, 4.69) is 20.3 Å². The quantitative estimate of drug-likeness (QED) is 0.510. The number of ether oxygens (including phenoxy) is 1. The maximum absolute atomic E-state index is 12.6. The lowest BCUT2D eigenvalue weighted by Gasteiger charge is -2.09. The van der Waals surface area contributed by atoms with E-state index in [1.165, 1.54) is 0 Å². The molecule has 29 heavy (non-hydrogen) atoms. The number of aryl methyl sites for hydroxylation is 1. The molecule has 2 heterocycles. The summed E-state index contributed by atoms with van der Waals surface area (Å²) in [5.74, 6) is -0.0908. The first kappa shape index (κ1) is 18.4. The molecule has 2 aromatic heterocycles. The van der Waals surface area contributed by atoms with Crippen molar-refractivity contribution in [3.63, 3.8) is 0 Å². The Morgan fingerprint density at radius 2 is 1.86 bits per heavy atom. The molecule has 2 aromatic carbocycles. The van der Waals surface area contributed by atoms with Crippen molar-refractivity contribution >= 4 is 28.7 Å². The average molecular weight is 386 g/mol. The first-order valence-electron chi connectivity index (χ1n) is 9.04. The lowest BCUT2D eigenvalue weighted by Crippen LogP contribution is -2.21. The topological polar surface area (TPSA) is 97.0 Å². The first-order valence-corrected chi connectivity index (χ1v) is 9.04. The fourth-order valence-corrected chi connectivity index (χ4v) is 2.94. The van der Waals surface area contributed by atoms with Gasteiger partial charge in [0.1, 0.15) is 11.6 Å². The van der Waals surface area contributed by atoms with Crippen molar-refractivity contribution < 1.29 is 14.3 Å². The van der Waals surface area contributed by atoms with Crippen molar-refractivity contribution in [2.24, 2.45) is 0 Å². The Balaban J connectivity index is 1.48. The van der Waals surface area contributed by atoms with Gasteiger partial charge in [-0.2, -0.15) is 0 Å². The van der Waals surface area contributed by atoms with Crippen LogP contribution in [0, 0.1) is 6.92 Å². The Kier molecular flexibility index (Phi) is 5.03. The summed E-state index contributed by atoms with van der Waals surface area (Å²) < 4.78 is 5.21. The van der Waals surface area contributed by atoms with Gasteiger partial charge in [-0.05, 0) is 42.8 Å². The molecule has 0 aliphatic rings. The Morgan fingerprint density at radius 3 is 2.69 bits per heavy atom. The SMILES string of the molecule is Cc1ccnc(NC(=O)COC(=O)c2ccccc2-c2nc3ccccc3[nH]2)c1. The van der Waals surface area contributed by atoms with Gasteiger partial charge in [0, 0.05) is 11.8 Å². The summed E-state index contributed by atoms with van der Waals surface area (Å²) in [6.07, 6.45) is 1.60. The lowest BCUT2D eigenvalue weighted by molar-refractivity contribution is -0.119. The van der Waals surface area contributed by atoms with E-state index >= 15 is 0 Å². The summed E-state index contributed by atoms with van der Waals surface area (Å²) in [4.78, 5) is 36.5. The number of carbonyl (C=O) groups excluding carboxylic acids is 2. The molecule has 7 heteroatoms. The van der Waals surface area contributed by atoms with E-state index in [9.17, 15) is 9.59 Å². The molecule has 0 spiro atoms. The molecule has 2 N–H and O–H groups in total. The molecule has 0 aliphatic carbocycles. The van der Waals surface area contributed by atoms with Gasteiger partial charge in [0.15, 0.2) is 6.61 Å². The van der Waals surface area contributed by atoms with E-state index < -0.39 is 18.5 Å². The molecule has 144 valence electrons. The number of nitrogens with zero attached hydrogens (tertiary/aromatic N) is 2. The van der Waals surface area contributed by atoms with Crippen LogP contribution in [-0.2, 0) is 9.53 Å². The van der Waals surface area contributed by atoms with Crippen LogP contribution < -0.4 is 5.32 Å². The van der Waals surface area contributed by atoms with E-state index in [4.69, 9.17) is 4.74 Å². The lowest BCUT2D eigenvalue weighted by atomic mass is 10.1. The number of benzene rings is 2. The molecule has 0 aliphatic heterocycles. The largest absolute Gasteiger partial charge is 0.452 e. The van der Waals surface area contributed by atoms with Crippen LogP contribution in [0.1, 0.15) is 15.9 Å². The first-order chi connectivity index (χ1) is 14.1. The van der Waals surface area contributed by atoms with Crippen LogP contribution in [-0.4, -0.2) is 33.4 Å². The number of hydrogen-bond donors (Lipinski definition) is 2. The third-order valence-corrected chi connectivity index (χ3v) is 4.31. The maximum Gasteiger partial charge on any atom is 0.339 e. The number of amides is 1. The van der Waals surface area contributed by atoms with Crippen LogP contribution in [0.15, 0.2) is 66.9 Å². The van der Waals surface area contributed by atoms with E-state index in [0.717, 1.165) is 16.6 Å². The molecule has 0 bridgehead atoms. The minimum absolute atomic E-state index is 0.327. The summed E-state index contributed by atoms with van der Waals surface area (Å²) in [5, 5.41) is 2.61. The predicted molar refractivity (Wildman–Crippen MR) is 109 cm³/mol. The fourth-order valence-electron chi connectivity index (χ4n) is 2.94. The Bertz CT molecular complexity index is 1170. The molecular formula is C22H18N4O3. The van der Waals surface area contributed by atoms with Gasteiger partial charge < -0.3 is 15.0 Å². The van der Waals surface area contributed by atoms with Gasteiger partial charge in [0.25, 0.3) is 5.91 Å². The zero-order valence-electron chi connectivity index (χ0n) is 15.7. The van der Waals surface area contributed by atoms with Crippen molar-refractivity contribution in [2.45, 2.75) is 6.92 Å². The van der Waals surface area contributed by atoms with Gasteiger partial charge in [0.2, 0.25) is 0 Å². The highest BCUT2D eigenvalue weighted by molar-refractivity contribution is 5.99. The smallest absolute Gasteiger partial charge is 0.339 e. The number of anilines is 1. The second-order valence-corrected chi connectivity index (χ2v) is 6.49. The Labute approximate surface area is 166 Å². The number of fused-ring (bicyclic) bond motifs is 1. The summed E-state index contributed by atoms with van der Waals surface area (Å²) in [6.45, 7) is 1.48. The van der Waals surface area contributed by atoms with Crippen molar-refractivity contribution in [1.29, 1.82) is 0 Å². The van der Waals surface area contributed by atoms with Crippen LogP contribution in [0.25, 0.3) is 22.4 Å². The molecule has 0 atom stereocenters. The molecule has 0 saturated carbocycles. The number of rotatable bonds is 5. The zero-order valence-corrected chi connectivity index (χ0v) is 15.7. The third kappa shape index (κ3) is 4.14. The molecule has 0 saturated heterocycles. The number of imidazole rings is 1. The monoisotopic (exact) mass is 386 g/mol. The number of aromatic nitrogens is 3. The Morgan fingerprint density at radius 1 is 1.07 bits per heavy atom. The maximum atomic E-state index is 12.6. The van der Waals surface area contributed by atoms with Crippen molar-refractivity contribution in [2.75, 3.05) is 11.9 Å². The molecule has 4 rings (SSSR count). The number of carbonyl (C=O) groups is 2. The van der Waals surface area contributed by atoms with Gasteiger partial charge in [0.05, 0.1) is 16.6 Å². The molecule has 1 amide bonds. The number of esters is 1. The molecule has 0 unspecified atom stereocenters. The molecule has 0 fully saturated rings. The molecule has 0 radical (unpaired) electrons. The number of para-hydroxylation sites is 2. The average Bonchev–Trinajstić information content (AvgIpc) is 3.16. The van der Waals surface area contributed by atoms with E-state index in [1.807, 2.05) is 43.3 Å². The summed E-state index contributed by atoms with van der Waals surface area (Å²) in [6, 6.07) is 18.1. The van der Waals surface area contributed by atoms with Gasteiger partial charge in [-0.15, -0.1) is 0 Å². The predicted octanol–water partition coefficient (Wildman–Crippen LogP) is 3.73. The highest BCUT2D eigenvalue weighted by Gasteiger charge is 2.17. The number of hydrogen-bond acceptors (Lipinski definition) is 5. The highest BCUT2D eigenvalue weighted by Crippen LogP contribution is 2.24. The number of H-pyrrole nitrogens is 1. The number of nitrogens with one attached hydrogen (secondary N) is 2. The standard InChI is InChI=1S/C22H18N4O3/c1-14-10-11-23-19(12-14)26-20(27)13-29-22(28)16-7-3-2-6-15(16)21-24-17-8-4-5-9-18(17)25-21/h2-12H,13H2,1H3,(H,24,25)(H,23,26,27). The van der Waals surface area contributed by atoms with Crippen LogP contribution in [0.5, 0.6) is 0 Å². The van der Waals surface area contributed by atoms with Gasteiger partial charge >= 0.3 is 5.97 Å². The van der Waals surface area contributed by atoms with Crippen molar-refractivity contribution in [1.82, 2.24) is 15.0 Å². The zero-order chi connectivity index (χ0) is 20.2. The van der Waals surface area contributed by atoms with Crippen molar-refractivity contribution in [3.05, 3.63) is 78.0 Å². The van der Waals surface area contributed by atoms with Crippen LogP contribution in [0.2, 0.25) is 0 Å². The van der Waals surface area contributed by atoms with Gasteiger partial charge in [-0.3, -0.25) is 4.79 Å². The van der Waals surface area contributed by atoms with E-state index in [1.54, 1.807) is 30.5 Å². The fraction of sp³-hybridized carbons (Fsp3) is 0.0909. The van der Waals surface area contributed by atoms with Crippen LogP contribution in [0.3, 0.4) is 0 Å². The molecular weight excluding hydrogens is 368 g/mol. The number of pyridine rings is 1. The van der Waals surface area contributed by atoms with Crippen molar-refractivity contribution in [3.8, 4) is 11.4 Å². The second-order valence-electron chi connectivity index (χ2n) is 6.49. The van der Waals surface area contributed by atoms with Gasteiger partial charge in [-0.1, -0.05) is 30.3 Å². The Hall–Kier alpha value is -4.00. The minimum atomic E-state index is -0.603. The summed E-state index contributed by atoms with van der Waals surface area (Å²) in [5.41, 5.74) is 3.57. The van der Waals surface area contributed by atoms with Crippen LogP contribution >= 0.6 is 0 Å². The van der Waals surface area contributed by atoms with E-state index in [-0.39, 0.29) is 0 Å². The minimum Gasteiger partial charge on any atom is -0.452 e. The second kappa shape index (κ2) is 7.93. The van der Waals surface area contributed by atoms with Crippen LogP contribution in [0.4, 0.5) is 5.82 Å². The molecule has 4 aromatic rings. The summed E-state index contributed by atoms with van der Waals surface area (Å²) >= 11 is 0. The number of aromatic amines is 1.